The zero-order valence-corrected chi connectivity index (χ0v) is 16.6. The van der Waals surface area contributed by atoms with Crippen LogP contribution in [-0.4, -0.2) is 35.4 Å². The quantitative estimate of drug-likeness (QED) is 0.795. The Kier molecular flexibility index (Phi) is 6.75. The van der Waals surface area contributed by atoms with E-state index in [1.807, 2.05) is 38.1 Å². The topological polar surface area (TPSA) is 58.6 Å². The summed E-state index contributed by atoms with van der Waals surface area (Å²) in [6.07, 6.45) is 7.76. The molecule has 1 saturated heterocycles. The van der Waals surface area contributed by atoms with Gasteiger partial charge in [-0.2, -0.15) is 0 Å². The van der Waals surface area contributed by atoms with E-state index in [4.69, 9.17) is 4.74 Å². The van der Waals surface area contributed by atoms with Gasteiger partial charge in [-0.3, -0.25) is 9.59 Å². The van der Waals surface area contributed by atoms with Gasteiger partial charge in [-0.15, -0.1) is 0 Å². The molecule has 1 aliphatic carbocycles. The third-order valence-electron chi connectivity index (χ3n) is 5.57. The van der Waals surface area contributed by atoms with E-state index in [1.54, 1.807) is 4.90 Å². The van der Waals surface area contributed by atoms with Crippen molar-refractivity contribution in [1.82, 2.24) is 10.2 Å². The third kappa shape index (κ3) is 5.24. The smallest absolute Gasteiger partial charge is 0.243 e. The maximum absolute atomic E-state index is 12.8. The minimum absolute atomic E-state index is 0.0705. The van der Waals surface area contributed by atoms with Crippen molar-refractivity contribution in [3.05, 3.63) is 29.8 Å². The van der Waals surface area contributed by atoms with Gasteiger partial charge >= 0.3 is 0 Å². The zero-order chi connectivity index (χ0) is 19.2. The van der Waals surface area contributed by atoms with Gasteiger partial charge in [-0.05, 0) is 55.7 Å². The molecule has 5 nitrogen and oxygen atoms in total. The van der Waals surface area contributed by atoms with Crippen molar-refractivity contribution in [3.8, 4) is 5.75 Å². The van der Waals surface area contributed by atoms with Gasteiger partial charge in [-0.1, -0.05) is 32.4 Å². The van der Waals surface area contributed by atoms with E-state index >= 15 is 0 Å². The van der Waals surface area contributed by atoms with E-state index in [2.05, 4.69) is 5.32 Å². The molecular formula is C22H32N2O3. The van der Waals surface area contributed by atoms with Crippen LogP contribution in [-0.2, 0) is 16.1 Å². The lowest BCUT2D eigenvalue weighted by molar-refractivity contribution is -0.139. The van der Waals surface area contributed by atoms with Gasteiger partial charge < -0.3 is 15.0 Å². The van der Waals surface area contributed by atoms with Crippen molar-refractivity contribution in [1.29, 1.82) is 0 Å². The fraction of sp³-hybridized carbons (Fsp3) is 0.636. The molecule has 148 valence electrons. The van der Waals surface area contributed by atoms with Crippen molar-refractivity contribution >= 4 is 11.8 Å². The number of hydrogen-bond acceptors (Lipinski definition) is 3. The highest BCUT2D eigenvalue weighted by Crippen LogP contribution is 2.24. The lowest BCUT2D eigenvalue weighted by atomic mass is 9.98. The second-order valence-corrected chi connectivity index (χ2v) is 8.12. The number of amides is 2. The van der Waals surface area contributed by atoms with Gasteiger partial charge in [0.15, 0.2) is 0 Å². The molecule has 2 amide bonds. The minimum Gasteiger partial charge on any atom is -0.490 e. The van der Waals surface area contributed by atoms with E-state index in [0.29, 0.717) is 25.6 Å². The normalized spacial score (nSPS) is 19.4. The maximum atomic E-state index is 12.8. The van der Waals surface area contributed by atoms with Crippen LogP contribution in [0.4, 0.5) is 0 Å². The van der Waals surface area contributed by atoms with Gasteiger partial charge in [0.25, 0.3) is 0 Å². The van der Waals surface area contributed by atoms with Crippen LogP contribution in [0.25, 0.3) is 0 Å². The first kappa shape index (κ1) is 19.7. The van der Waals surface area contributed by atoms with Crippen molar-refractivity contribution in [2.45, 2.75) is 77.5 Å². The Hall–Kier alpha value is -2.04. The second-order valence-electron chi connectivity index (χ2n) is 8.12. The number of carbonyl (C=O) groups excluding carboxylic acids is 2. The molecule has 2 fully saturated rings. The standard InChI is InChI=1S/C22H32N2O3/c1-16(2)21(24-13-7-12-20(24)25)22(26)23-15-17-8-6-11-19(14-17)27-18-9-4-3-5-10-18/h6,8,11,14,16,18,21H,3-5,7,9-10,12-13,15H2,1-2H3,(H,23,26). The van der Waals surface area contributed by atoms with Gasteiger partial charge in [0.2, 0.25) is 11.8 Å². The number of ether oxygens (including phenoxy) is 1. The zero-order valence-electron chi connectivity index (χ0n) is 16.6. The van der Waals surface area contributed by atoms with Crippen molar-refractivity contribution in [3.63, 3.8) is 0 Å². The van der Waals surface area contributed by atoms with E-state index in [0.717, 1.165) is 30.6 Å². The molecule has 1 atom stereocenters. The highest BCUT2D eigenvalue weighted by molar-refractivity contribution is 5.88. The molecule has 2 aliphatic rings. The lowest BCUT2D eigenvalue weighted by Gasteiger charge is -2.30. The Bertz CT molecular complexity index is 653. The lowest BCUT2D eigenvalue weighted by Crippen LogP contribution is -2.50. The van der Waals surface area contributed by atoms with Crippen LogP contribution in [0.5, 0.6) is 5.75 Å². The molecule has 1 unspecified atom stereocenters. The number of nitrogens with zero attached hydrogens (tertiary/aromatic N) is 1. The Morgan fingerprint density at radius 3 is 2.67 bits per heavy atom. The van der Waals surface area contributed by atoms with Crippen LogP contribution in [0.15, 0.2) is 24.3 Å². The number of hydrogen-bond donors (Lipinski definition) is 1. The summed E-state index contributed by atoms with van der Waals surface area (Å²) in [7, 11) is 0. The molecule has 1 aromatic carbocycles. The van der Waals surface area contributed by atoms with Crippen LogP contribution in [0.1, 0.15) is 64.4 Å². The van der Waals surface area contributed by atoms with E-state index in [-0.39, 0.29) is 23.8 Å². The summed E-state index contributed by atoms with van der Waals surface area (Å²) in [4.78, 5) is 26.6. The number of rotatable bonds is 7. The predicted molar refractivity (Wildman–Crippen MR) is 105 cm³/mol. The maximum Gasteiger partial charge on any atom is 0.243 e. The summed E-state index contributed by atoms with van der Waals surface area (Å²) in [6, 6.07) is 7.59. The molecule has 0 radical (unpaired) electrons. The Balaban J connectivity index is 1.57. The summed E-state index contributed by atoms with van der Waals surface area (Å²) < 4.78 is 6.12. The van der Waals surface area contributed by atoms with E-state index in [9.17, 15) is 9.59 Å². The Morgan fingerprint density at radius 1 is 1.22 bits per heavy atom. The highest BCUT2D eigenvalue weighted by atomic mass is 16.5. The monoisotopic (exact) mass is 372 g/mol. The summed E-state index contributed by atoms with van der Waals surface area (Å²) >= 11 is 0. The number of likely N-dealkylation sites (tertiary alicyclic amines) is 1. The van der Waals surface area contributed by atoms with Crippen molar-refractivity contribution in [2.24, 2.45) is 5.92 Å². The first-order valence-electron chi connectivity index (χ1n) is 10.4. The molecule has 1 aliphatic heterocycles. The summed E-state index contributed by atoms with van der Waals surface area (Å²) in [5.74, 6) is 0.988. The van der Waals surface area contributed by atoms with Crippen molar-refractivity contribution < 1.29 is 14.3 Å². The Labute approximate surface area is 162 Å². The SMILES string of the molecule is CC(C)C(C(=O)NCc1cccc(OC2CCCCC2)c1)N1CCCC1=O. The summed E-state index contributed by atoms with van der Waals surface area (Å²) in [5.41, 5.74) is 1.02. The van der Waals surface area contributed by atoms with Crippen LogP contribution >= 0.6 is 0 Å². The first-order chi connectivity index (χ1) is 13.0. The largest absolute Gasteiger partial charge is 0.490 e. The van der Waals surface area contributed by atoms with Gasteiger partial charge in [-0.25, -0.2) is 0 Å². The first-order valence-corrected chi connectivity index (χ1v) is 10.4. The Morgan fingerprint density at radius 2 is 2.00 bits per heavy atom. The molecule has 5 heteroatoms. The average Bonchev–Trinajstić information content (AvgIpc) is 3.07. The van der Waals surface area contributed by atoms with Gasteiger partial charge in [0.05, 0.1) is 6.10 Å². The van der Waals surface area contributed by atoms with Gasteiger partial charge in [0.1, 0.15) is 11.8 Å². The molecular weight excluding hydrogens is 340 g/mol. The number of benzene rings is 1. The molecule has 0 bridgehead atoms. The molecule has 0 aromatic heterocycles. The molecule has 1 heterocycles. The predicted octanol–water partition coefficient (Wildman–Crippen LogP) is 3.66. The number of carbonyl (C=O) groups is 2. The van der Waals surface area contributed by atoms with E-state index in [1.165, 1.54) is 19.3 Å². The van der Waals surface area contributed by atoms with Crippen LogP contribution in [0.2, 0.25) is 0 Å². The van der Waals surface area contributed by atoms with Crippen molar-refractivity contribution in [2.75, 3.05) is 6.54 Å². The summed E-state index contributed by atoms with van der Waals surface area (Å²) in [6.45, 7) is 5.12. The van der Waals surface area contributed by atoms with Crippen LogP contribution in [0.3, 0.4) is 0 Å². The van der Waals surface area contributed by atoms with Crippen LogP contribution in [0, 0.1) is 5.92 Å². The molecule has 27 heavy (non-hydrogen) atoms. The molecule has 1 N–H and O–H groups in total. The molecule has 3 rings (SSSR count). The fourth-order valence-electron chi connectivity index (χ4n) is 4.17. The fourth-order valence-corrected chi connectivity index (χ4v) is 4.17. The third-order valence-corrected chi connectivity index (χ3v) is 5.57. The highest BCUT2D eigenvalue weighted by Gasteiger charge is 2.34. The van der Waals surface area contributed by atoms with E-state index < -0.39 is 0 Å². The van der Waals surface area contributed by atoms with Crippen LogP contribution < -0.4 is 10.1 Å². The number of nitrogens with one attached hydrogen (secondary N) is 1. The molecule has 1 saturated carbocycles. The second kappa shape index (κ2) is 9.25. The molecule has 1 aromatic rings. The molecule has 0 spiro atoms. The minimum atomic E-state index is -0.387. The summed E-state index contributed by atoms with van der Waals surface area (Å²) in [5, 5.41) is 3.02. The average molecular weight is 373 g/mol. The van der Waals surface area contributed by atoms with Gasteiger partial charge in [0, 0.05) is 19.5 Å².